The van der Waals surface area contributed by atoms with Gasteiger partial charge in [-0.15, -0.1) is 11.8 Å². The lowest BCUT2D eigenvalue weighted by Gasteiger charge is -2.36. The maximum Gasteiger partial charge on any atom is 0.293 e. The number of sulfonamides is 1. The molecule has 6 aromatic rings. The van der Waals surface area contributed by atoms with Crippen LogP contribution in [0.2, 0.25) is 5.02 Å². The van der Waals surface area contributed by atoms with E-state index in [4.69, 9.17) is 11.6 Å². The van der Waals surface area contributed by atoms with E-state index in [1.54, 1.807) is 18.0 Å². The molecule has 1 saturated heterocycles. The molecule has 1 aliphatic heterocycles. The molecule has 322 valence electrons. The van der Waals surface area contributed by atoms with Gasteiger partial charge in [0.05, 0.1) is 15.3 Å². The van der Waals surface area contributed by atoms with Crippen LogP contribution in [0.4, 0.5) is 22.9 Å². The monoisotopic (exact) mass is 892 g/mol. The number of carbonyl (C=O) groups is 1. The summed E-state index contributed by atoms with van der Waals surface area (Å²) in [4.78, 5) is 40.8. The van der Waals surface area contributed by atoms with E-state index in [1.165, 1.54) is 35.8 Å². The van der Waals surface area contributed by atoms with Crippen LogP contribution in [0.25, 0.3) is 22.0 Å². The first-order chi connectivity index (χ1) is 29.6. The van der Waals surface area contributed by atoms with Crippen molar-refractivity contribution < 1.29 is 18.1 Å². The van der Waals surface area contributed by atoms with Crippen molar-refractivity contribution in [2.24, 2.45) is 0 Å². The number of amides is 1. The summed E-state index contributed by atoms with van der Waals surface area (Å²) in [5, 5.41) is 16.8. The SMILES string of the molecule is CN(C(=O)C[C@H](CSc1ccccc1)Nc1ccc(S(=O)(=O)Nc2ncnc3cc(N4CCN(Cc5cc(Cl)ccc5-c5ccccc5)CC4)ccc23)cc1[N+](=O)[O-])C(C)(C)C. The number of nitro groups is 1. The van der Waals surface area contributed by atoms with Gasteiger partial charge in [-0.25, -0.2) is 18.4 Å². The summed E-state index contributed by atoms with van der Waals surface area (Å²) >= 11 is 7.94. The van der Waals surface area contributed by atoms with Crippen LogP contribution in [-0.4, -0.2) is 89.6 Å². The van der Waals surface area contributed by atoms with Crippen molar-refractivity contribution in [3.63, 3.8) is 0 Å². The highest BCUT2D eigenvalue weighted by Gasteiger charge is 2.28. The number of anilines is 3. The van der Waals surface area contributed by atoms with Crippen molar-refractivity contribution in [1.29, 1.82) is 0 Å². The lowest BCUT2D eigenvalue weighted by atomic mass is 9.99. The predicted molar refractivity (Wildman–Crippen MR) is 250 cm³/mol. The quantitative estimate of drug-likeness (QED) is 0.0576. The Labute approximate surface area is 371 Å². The number of benzene rings is 5. The molecule has 0 radical (unpaired) electrons. The normalized spacial score (nSPS) is 14.0. The maximum absolute atomic E-state index is 13.8. The molecule has 5 aromatic carbocycles. The molecule has 13 nitrogen and oxygen atoms in total. The Morgan fingerprint density at radius 2 is 1.63 bits per heavy atom. The predicted octanol–water partition coefficient (Wildman–Crippen LogP) is 9.20. The summed E-state index contributed by atoms with van der Waals surface area (Å²) in [7, 11) is -2.62. The summed E-state index contributed by atoms with van der Waals surface area (Å²) in [6.07, 6.45) is 1.35. The van der Waals surface area contributed by atoms with Crippen LogP contribution in [-0.2, 0) is 21.4 Å². The molecule has 2 heterocycles. The number of nitro benzene ring substituents is 1. The first-order valence-corrected chi connectivity index (χ1v) is 23.1. The van der Waals surface area contributed by atoms with E-state index < -0.39 is 32.2 Å². The van der Waals surface area contributed by atoms with Gasteiger partial charge in [0.2, 0.25) is 5.91 Å². The fraction of sp³-hybridized carbons (Fsp3) is 0.283. The van der Waals surface area contributed by atoms with Gasteiger partial charge in [0.1, 0.15) is 12.0 Å². The Morgan fingerprint density at radius 3 is 2.32 bits per heavy atom. The Kier molecular flexibility index (Phi) is 13.7. The average molecular weight is 894 g/mol. The maximum atomic E-state index is 13.8. The largest absolute Gasteiger partial charge is 0.375 e. The zero-order valence-corrected chi connectivity index (χ0v) is 37.4. The summed E-state index contributed by atoms with van der Waals surface area (Å²) in [5.41, 5.74) is 4.21. The number of nitrogens with one attached hydrogen (secondary N) is 2. The smallest absolute Gasteiger partial charge is 0.293 e. The number of piperazine rings is 1. The summed E-state index contributed by atoms with van der Waals surface area (Å²) < 4.78 is 30.2. The number of carbonyl (C=O) groups excluding carboxylic acids is 1. The third kappa shape index (κ3) is 10.8. The van der Waals surface area contributed by atoms with E-state index in [9.17, 15) is 23.3 Å². The minimum absolute atomic E-state index is 0.0476. The molecule has 1 aromatic heterocycles. The zero-order chi connectivity index (χ0) is 44.0. The lowest BCUT2D eigenvalue weighted by molar-refractivity contribution is -0.384. The molecule has 2 N–H and O–H groups in total. The molecule has 0 saturated carbocycles. The topological polar surface area (TPSA) is 154 Å². The fourth-order valence-electron chi connectivity index (χ4n) is 7.27. The van der Waals surface area contributed by atoms with Crippen LogP contribution in [0.5, 0.6) is 0 Å². The molecule has 1 aliphatic rings. The van der Waals surface area contributed by atoms with Gasteiger partial charge >= 0.3 is 0 Å². The van der Waals surface area contributed by atoms with Gasteiger partial charge in [-0.05, 0) is 92.1 Å². The highest BCUT2D eigenvalue weighted by molar-refractivity contribution is 7.99. The van der Waals surface area contributed by atoms with Gasteiger partial charge < -0.3 is 15.1 Å². The third-order valence-electron chi connectivity index (χ3n) is 11.0. The molecule has 0 bridgehead atoms. The Hall–Kier alpha value is -5.74. The highest BCUT2D eigenvalue weighted by atomic mass is 35.5. The molecule has 1 fully saturated rings. The van der Waals surface area contributed by atoms with Crippen molar-refractivity contribution in [2.75, 3.05) is 53.9 Å². The summed E-state index contributed by atoms with van der Waals surface area (Å²) in [5.74, 6) is 0.334. The van der Waals surface area contributed by atoms with Crippen molar-refractivity contribution in [3.05, 3.63) is 142 Å². The lowest BCUT2D eigenvalue weighted by Crippen LogP contribution is -2.46. The van der Waals surface area contributed by atoms with Gasteiger partial charge in [0.25, 0.3) is 15.7 Å². The number of halogens is 1. The second-order valence-corrected chi connectivity index (χ2v) is 19.4. The number of aromatic nitrogens is 2. The molecule has 1 atom stereocenters. The number of rotatable bonds is 15. The van der Waals surface area contributed by atoms with Gasteiger partial charge in [0.15, 0.2) is 5.82 Å². The number of hydrogen-bond donors (Lipinski definition) is 2. The van der Waals surface area contributed by atoms with Crippen LogP contribution in [0.15, 0.2) is 131 Å². The minimum atomic E-state index is -4.35. The number of fused-ring (bicyclic) bond motifs is 1. The van der Waals surface area contributed by atoms with Crippen molar-refractivity contribution in [2.45, 2.75) is 55.1 Å². The molecule has 0 aliphatic carbocycles. The van der Waals surface area contributed by atoms with Crippen LogP contribution >= 0.6 is 23.4 Å². The Bertz CT molecular complexity index is 2660. The molecule has 7 rings (SSSR count). The van der Waals surface area contributed by atoms with E-state index >= 15 is 0 Å². The summed E-state index contributed by atoms with van der Waals surface area (Å²) in [6, 6.07) is 34.8. The molecule has 0 unspecified atom stereocenters. The second-order valence-electron chi connectivity index (χ2n) is 16.2. The number of hydrogen-bond acceptors (Lipinski definition) is 11. The van der Waals surface area contributed by atoms with Crippen molar-refractivity contribution >= 4 is 73.1 Å². The van der Waals surface area contributed by atoms with E-state index in [0.29, 0.717) is 21.7 Å². The Balaban J connectivity index is 1.04. The number of thioether (sulfide) groups is 1. The highest BCUT2D eigenvalue weighted by Crippen LogP contribution is 2.33. The molecular weight excluding hydrogens is 844 g/mol. The van der Waals surface area contributed by atoms with Crippen molar-refractivity contribution in [1.82, 2.24) is 19.8 Å². The van der Waals surface area contributed by atoms with Gasteiger partial charge in [-0.3, -0.25) is 24.5 Å². The van der Waals surface area contributed by atoms with Gasteiger partial charge in [0, 0.05) is 90.6 Å². The second kappa shape index (κ2) is 19.1. The molecular formula is C46H49ClN8O5S2. The fourth-order valence-corrected chi connectivity index (χ4v) is 9.45. The average Bonchev–Trinajstić information content (AvgIpc) is 3.25. The van der Waals surface area contributed by atoms with Crippen LogP contribution in [0.1, 0.15) is 32.8 Å². The standard InChI is InChI=1S/C46H49ClN8O5S2/c1-46(2,3)52(4)44(56)26-35(30-61-37-13-9-6-10-14-37)50-41-20-17-38(28-43(41)55(57)58)62(59,60)51-45-40-19-16-36(27-42(40)48-31-49-45)54-23-21-53(22-24-54)29-33-25-34(47)15-18-39(33)32-11-7-5-8-12-32/h5-20,25,27-28,31,35,50H,21-24,26,29-30H2,1-4H3,(H,48,49,51)/t35-/m1/s1. The minimum Gasteiger partial charge on any atom is -0.375 e. The van der Waals surface area contributed by atoms with E-state index in [1.807, 2.05) is 93.6 Å². The molecule has 1 amide bonds. The first kappa shape index (κ1) is 44.3. The van der Waals surface area contributed by atoms with Crippen LogP contribution in [0.3, 0.4) is 0 Å². The Morgan fingerprint density at radius 1 is 0.919 bits per heavy atom. The van der Waals surface area contributed by atoms with Crippen LogP contribution in [0, 0.1) is 10.1 Å². The molecule has 62 heavy (non-hydrogen) atoms. The number of nitrogens with zero attached hydrogens (tertiary/aromatic N) is 6. The molecule has 16 heteroatoms. The van der Waals surface area contributed by atoms with E-state index in [-0.39, 0.29) is 28.7 Å². The zero-order valence-electron chi connectivity index (χ0n) is 35.0. The summed E-state index contributed by atoms with van der Waals surface area (Å²) in [6.45, 7) is 9.76. The van der Waals surface area contributed by atoms with Crippen LogP contribution < -0.4 is 14.9 Å². The van der Waals surface area contributed by atoms with E-state index in [2.05, 4.69) is 48.0 Å². The third-order valence-corrected chi connectivity index (χ3v) is 13.7. The van der Waals surface area contributed by atoms with Gasteiger partial charge in [-0.2, -0.15) is 0 Å². The van der Waals surface area contributed by atoms with Gasteiger partial charge in [-0.1, -0.05) is 66.2 Å². The van der Waals surface area contributed by atoms with E-state index in [0.717, 1.165) is 60.5 Å². The molecule has 0 spiro atoms. The van der Waals surface area contributed by atoms with Crippen molar-refractivity contribution in [3.8, 4) is 11.1 Å². The first-order valence-electron chi connectivity index (χ1n) is 20.2.